The van der Waals surface area contributed by atoms with Gasteiger partial charge in [0, 0.05) is 53.4 Å². The summed E-state index contributed by atoms with van der Waals surface area (Å²) >= 11 is 6.55. The molecule has 3 aliphatic rings. The first-order chi connectivity index (χ1) is 17.4. The number of halogens is 1. The second-order valence-corrected chi connectivity index (χ2v) is 9.76. The monoisotopic (exact) mass is 494 g/mol. The molecule has 6 rings (SSSR count). The Morgan fingerprint density at radius 1 is 0.972 bits per heavy atom. The molecule has 1 aliphatic carbocycles. The van der Waals surface area contributed by atoms with E-state index < -0.39 is 5.41 Å². The number of ketones is 1. The number of para-hydroxylation sites is 1. The van der Waals surface area contributed by atoms with E-state index in [1.165, 1.54) is 0 Å². The molecule has 3 heterocycles. The summed E-state index contributed by atoms with van der Waals surface area (Å²) < 4.78 is 1.86. The molecule has 1 aromatic heterocycles. The van der Waals surface area contributed by atoms with Crippen LogP contribution in [0.4, 0.5) is 11.4 Å². The third-order valence-corrected chi connectivity index (χ3v) is 7.99. The summed E-state index contributed by atoms with van der Waals surface area (Å²) in [7, 11) is 1.71. The van der Waals surface area contributed by atoms with Gasteiger partial charge < -0.3 is 9.47 Å². The molecule has 1 unspecified atom stereocenters. The lowest BCUT2D eigenvalue weighted by atomic mass is 9.63. The number of anilines is 2. The van der Waals surface area contributed by atoms with Crippen LogP contribution in [-0.4, -0.2) is 23.3 Å². The lowest BCUT2D eigenvalue weighted by Gasteiger charge is -2.45. The predicted molar refractivity (Wildman–Crippen MR) is 139 cm³/mol. The van der Waals surface area contributed by atoms with Crippen LogP contribution in [0.15, 0.2) is 83.8 Å². The largest absolute Gasteiger partial charge is 0.314 e. The van der Waals surface area contributed by atoms with Gasteiger partial charge in [0.1, 0.15) is 17.3 Å². The van der Waals surface area contributed by atoms with Crippen molar-refractivity contribution in [1.82, 2.24) is 4.57 Å². The summed E-state index contributed by atoms with van der Waals surface area (Å²) in [5, 5.41) is 11.4. The zero-order valence-corrected chi connectivity index (χ0v) is 20.7. The summed E-state index contributed by atoms with van der Waals surface area (Å²) in [4.78, 5) is 31.7. The molecule has 1 amide bonds. The van der Waals surface area contributed by atoms with Gasteiger partial charge in [-0.2, -0.15) is 5.26 Å². The van der Waals surface area contributed by atoms with Crippen molar-refractivity contribution in [2.24, 2.45) is 0 Å². The topological polar surface area (TPSA) is 69.3 Å². The molecule has 6 nitrogen and oxygen atoms in total. The summed E-state index contributed by atoms with van der Waals surface area (Å²) in [5.74, 6) is 0.161. The smallest absolute Gasteiger partial charge is 0.247 e. The highest BCUT2D eigenvalue weighted by Crippen LogP contribution is 2.58. The number of hydrogen-bond acceptors (Lipinski definition) is 4. The molecular weight excluding hydrogens is 472 g/mol. The molecule has 0 saturated carbocycles. The number of amides is 1. The average Bonchev–Trinajstić information content (AvgIpc) is 3.49. The van der Waals surface area contributed by atoms with Crippen LogP contribution < -0.4 is 9.80 Å². The quantitative estimate of drug-likeness (QED) is 0.466. The fourth-order valence-electron chi connectivity index (χ4n) is 6.00. The number of likely N-dealkylation sites (N-methyl/N-ethyl adjacent to an activating group) is 1. The van der Waals surface area contributed by atoms with Gasteiger partial charge in [0.05, 0.1) is 11.3 Å². The van der Waals surface area contributed by atoms with Gasteiger partial charge in [0.2, 0.25) is 5.91 Å². The first-order valence-electron chi connectivity index (χ1n) is 11.9. The first-order valence-corrected chi connectivity index (χ1v) is 12.3. The number of carbonyl (C=O) groups is 2. The van der Waals surface area contributed by atoms with Crippen molar-refractivity contribution in [3.8, 4) is 6.07 Å². The molecular formula is C29H23ClN4O2. The maximum atomic E-state index is 14.3. The maximum absolute atomic E-state index is 14.3. The standard InChI is InChI=1S/C29H23ClN4O2/c1-18-21(30)10-7-12-22(18)34-24-13-8-14-25(35)26(24)29(20(17-31)27(34)33-15-5-6-16-33)19-9-3-4-11-23(19)32(2)28(29)36/h3-7,9-12,15-16H,8,13-14H2,1-2H3. The third kappa shape index (κ3) is 2.72. The Bertz CT molecular complexity index is 1560. The lowest BCUT2D eigenvalue weighted by Crippen LogP contribution is -2.51. The molecule has 0 saturated heterocycles. The van der Waals surface area contributed by atoms with Crippen LogP contribution >= 0.6 is 11.6 Å². The zero-order valence-electron chi connectivity index (χ0n) is 20.0. The van der Waals surface area contributed by atoms with Crippen molar-refractivity contribution in [3.05, 3.63) is 100.0 Å². The molecule has 0 radical (unpaired) electrons. The number of nitrogens with zero attached hydrogens (tertiary/aromatic N) is 4. The van der Waals surface area contributed by atoms with E-state index in [0.717, 1.165) is 16.9 Å². The molecule has 36 heavy (non-hydrogen) atoms. The average molecular weight is 495 g/mol. The van der Waals surface area contributed by atoms with Crippen molar-refractivity contribution in [2.75, 3.05) is 16.8 Å². The van der Waals surface area contributed by atoms with Crippen molar-refractivity contribution in [3.63, 3.8) is 0 Å². The van der Waals surface area contributed by atoms with Crippen LogP contribution in [0.2, 0.25) is 5.02 Å². The zero-order chi connectivity index (χ0) is 25.2. The molecule has 1 atom stereocenters. The number of nitriles is 1. The van der Waals surface area contributed by atoms with Gasteiger partial charge in [0.15, 0.2) is 5.78 Å². The minimum absolute atomic E-state index is 0.0984. The predicted octanol–water partition coefficient (Wildman–Crippen LogP) is 5.58. The number of aromatic nitrogens is 1. The van der Waals surface area contributed by atoms with E-state index in [9.17, 15) is 14.9 Å². The molecule has 1 spiro atoms. The molecule has 7 heteroatoms. The highest BCUT2D eigenvalue weighted by atomic mass is 35.5. The molecule has 0 N–H and O–H groups in total. The van der Waals surface area contributed by atoms with Gasteiger partial charge in [-0.15, -0.1) is 0 Å². The molecule has 3 aromatic rings. The number of Topliss-reactive ketones (excluding diaryl/α,β-unsaturated/α-hetero) is 1. The van der Waals surface area contributed by atoms with Crippen molar-refractivity contribution < 1.29 is 9.59 Å². The lowest BCUT2D eigenvalue weighted by molar-refractivity contribution is -0.123. The van der Waals surface area contributed by atoms with Crippen LogP contribution in [0.25, 0.3) is 5.82 Å². The van der Waals surface area contributed by atoms with Gasteiger partial charge in [-0.25, -0.2) is 0 Å². The van der Waals surface area contributed by atoms with Crippen LogP contribution in [0.3, 0.4) is 0 Å². The van der Waals surface area contributed by atoms with Crippen LogP contribution in [-0.2, 0) is 15.0 Å². The molecule has 2 aromatic carbocycles. The van der Waals surface area contributed by atoms with Gasteiger partial charge in [0.25, 0.3) is 0 Å². The van der Waals surface area contributed by atoms with E-state index in [1.54, 1.807) is 11.9 Å². The highest BCUT2D eigenvalue weighted by molar-refractivity contribution is 6.31. The second-order valence-electron chi connectivity index (χ2n) is 9.35. The second kappa shape index (κ2) is 7.97. The minimum Gasteiger partial charge on any atom is -0.314 e. The first kappa shape index (κ1) is 22.4. The van der Waals surface area contributed by atoms with Gasteiger partial charge in [-0.05, 0) is 55.7 Å². The van der Waals surface area contributed by atoms with Crippen LogP contribution in [0.1, 0.15) is 30.4 Å². The Balaban J connectivity index is 1.82. The Morgan fingerprint density at radius 2 is 1.69 bits per heavy atom. The number of hydrogen-bond donors (Lipinski definition) is 0. The number of rotatable bonds is 2. The van der Waals surface area contributed by atoms with E-state index >= 15 is 0 Å². The Labute approximate surface area is 214 Å². The SMILES string of the molecule is Cc1c(Cl)cccc1N1C2=C(C(=O)CCC2)C2(C(=O)N(C)c3ccccc32)C(C#N)=C1n1cccc1. The molecule has 0 bridgehead atoms. The number of fused-ring (bicyclic) bond motifs is 3. The maximum Gasteiger partial charge on any atom is 0.247 e. The van der Waals surface area contributed by atoms with Gasteiger partial charge in [-0.3, -0.25) is 14.5 Å². The van der Waals surface area contributed by atoms with E-state index in [4.69, 9.17) is 11.6 Å². The van der Waals surface area contributed by atoms with Gasteiger partial charge in [-0.1, -0.05) is 35.9 Å². The summed E-state index contributed by atoms with van der Waals surface area (Å²) in [6.45, 7) is 1.93. The van der Waals surface area contributed by atoms with E-state index in [1.807, 2.05) is 83.4 Å². The van der Waals surface area contributed by atoms with E-state index in [0.29, 0.717) is 46.9 Å². The molecule has 0 fully saturated rings. The molecule has 2 aliphatic heterocycles. The summed E-state index contributed by atoms with van der Waals surface area (Å²) in [6, 6.07) is 19.3. The Kier molecular flexibility index (Phi) is 4.96. The normalized spacial score (nSPS) is 21.3. The summed E-state index contributed by atoms with van der Waals surface area (Å²) in [5.41, 5.74) is 2.87. The van der Waals surface area contributed by atoms with Crippen molar-refractivity contribution in [2.45, 2.75) is 31.6 Å². The van der Waals surface area contributed by atoms with Gasteiger partial charge >= 0.3 is 0 Å². The number of allylic oxidation sites excluding steroid dienone is 1. The van der Waals surface area contributed by atoms with E-state index in [-0.39, 0.29) is 17.3 Å². The highest BCUT2D eigenvalue weighted by Gasteiger charge is 2.62. The Morgan fingerprint density at radius 3 is 2.44 bits per heavy atom. The Hall–Kier alpha value is -4.08. The fraction of sp³-hybridized carbons (Fsp3) is 0.207. The third-order valence-electron chi connectivity index (χ3n) is 7.58. The molecule has 178 valence electrons. The fourth-order valence-corrected chi connectivity index (χ4v) is 6.17. The number of carbonyl (C=O) groups excluding carboxylic acids is 2. The van der Waals surface area contributed by atoms with E-state index in [2.05, 4.69) is 6.07 Å². The van der Waals surface area contributed by atoms with Crippen LogP contribution in [0.5, 0.6) is 0 Å². The number of benzene rings is 2. The van der Waals surface area contributed by atoms with Crippen LogP contribution in [0, 0.1) is 18.3 Å². The minimum atomic E-state index is -1.50. The summed E-state index contributed by atoms with van der Waals surface area (Å²) in [6.07, 6.45) is 5.31. The van der Waals surface area contributed by atoms with Crippen molar-refractivity contribution in [1.29, 1.82) is 5.26 Å². The van der Waals surface area contributed by atoms with Crippen molar-refractivity contribution >= 4 is 40.5 Å².